The zero-order valence-corrected chi connectivity index (χ0v) is 14.0. The molecule has 0 fully saturated rings. The van der Waals surface area contributed by atoms with Crippen LogP contribution in [-0.2, 0) is 0 Å². The second kappa shape index (κ2) is 9.91. The molecule has 21 heavy (non-hydrogen) atoms. The molecule has 3 heteroatoms. The summed E-state index contributed by atoms with van der Waals surface area (Å²) in [6.07, 6.45) is 4.82. The average Bonchev–Trinajstić information content (AvgIpc) is 2.46. The van der Waals surface area contributed by atoms with Crippen LogP contribution in [0.2, 0.25) is 0 Å². The third-order valence-electron chi connectivity index (χ3n) is 4.08. The first kappa shape index (κ1) is 18.1. The molecule has 120 valence electrons. The summed E-state index contributed by atoms with van der Waals surface area (Å²) in [5.41, 5.74) is 1.04. The SMILES string of the molecule is CCCCCN(CCC(NC)c1cccc(F)c1)C(C)C. The number of nitrogens with one attached hydrogen (secondary N) is 1. The quantitative estimate of drug-likeness (QED) is 0.644. The summed E-state index contributed by atoms with van der Waals surface area (Å²) in [6, 6.07) is 7.71. The van der Waals surface area contributed by atoms with Crippen LogP contribution in [-0.4, -0.2) is 31.1 Å². The third-order valence-corrected chi connectivity index (χ3v) is 4.08. The van der Waals surface area contributed by atoms with Crippen LogP contribution < -0.4 is 5.32 Å². The van der Waals surface area contributed by atoms with Crippen LogP contribution >= 0.6 is 0 Å². The fourth-order valence-corrected chi connectivity index (χ4v) is 2.69. The summed E-state index contributed by atoms with van der Waals surface area (Å²) in [5.74, 6) is -0.156. The highest BCUT2D eigenvalue weighted by atomic mass is 19.1. The molecule has 1 atom stereocenters. The van der Waals surface area contributed by atoms with Crippen molar-refractivity contribution in [1.29, 1.82) is 0 Å². The molecule has 1 rings (SSSR count). The molecule has 0 aromatic heterocycles. The lowest BCUT2D eigenvalue weighted by atomic mass is 10.0. The Bertz CT molecular complexity index is 393. The number of nitrogens with zero attached hydrogens (tertiary/aromatic N) is 1. The molecular weight excluding hydrogens is 263 g/mol. The molecule has 2 nitrogen and oxygen atoms in total. The lowest BCUT2D eigenvalue weighted by molar-refractivity contribution is 0.206. The molecular formula is C18H31FN2. The van der Waals surface area contributed by atoms with Gasteiger partial charge in [0.25, 0.3) is 0 Å². The number of unbranched alkanes of at least 4 members (excludes halogenated alkanes) is 2. The molecule has 1 unspecified atom stereocenters. The molecule has 0 aliphatic rings. The van der Waals surface area contributed by atoms with Gasteiger partial charge in [-0.15, -0.1) is 0 Å². The minimum Gasteiger partial charge on any atom is -0.313 e. The predicted octanol–water partition coefficient (Wildman–Crippen LogP) is 4.38. The topological polar surface area (TPSA) is 15.3 Å². The fraction of sp³-hybridized carbons (Fsp3) is 0.667. The summed E-state index contributed by atoms with van der Waals surface area (Å²) in [7, 11) is 1.95. The first-order valence-electron chi connectivity index (χ1n) is 8.25. The van der Waals surface area contributed by atoms with Gasteiger partial charge in [-0.05, 0) is 58.0 Å². The molecule has 0 bridgehead atoms. The second-order valence-electron chi connectivity index (χ2n) is 6.02. The van der Waals surface area contributed by atoms with E-state index in [1.807, 2.05) is 13.1 Å². The van der Waals surface area contributed by atoms with Gasteiger partial charge in [0.2, 0.25) is 0 Å². The number of halogens is 1. The molecule has 0 radical (unpaired) electrons. The van der Waals surface area contributed by atoms with Gasteiger partial charge in [-0.2, -0.15) is 0 Å². The van der Waals surface area contributed by atoms with E-state index in [-0.39, 0.29) is 11.9 Å². The van der Waals surface area contributed by atoms with Crippen molar-refractivity contribution in [3.63, 3.8) is 0 Å². The van der Waals surface area contributed by atoms with Crippen molar-refractivity contribution < 1.29 is 4.39 Å². The van der Waals surface area contributed by atoms with Crippen molar-refractivity contribution in [3.05, 3.63) is 35.6 Å². The van der Waals surface area contributed by atoms with Gasteiger partial charge in [0.05, 0.1) is 0 Å². The summed E-state index contributed by atoms with van der Waals surface area (Å²) >= 11 is 0. The van der Waals surface area contributed by atoms with E-state index in [9.17, 15) is 4.39 Å². The largest absolute Gasteiger partial charge is 0.313 e. The maximum Gasteiger partial charge on any atom is 0.123 e. The van der Waals surface area contributed by atoms with Gasteiger partial charge in [0.15, 0.2) is 0 Å². The lowest BCUT2D eigenvalue weighted by Gasteiger charge is -2.28. The maximum atomic E-state index is 13.4. The van der Waals surface area contributed by atoms with Gasteiger partial charge in [0, 0.05) is 18.6 Å². The molecule has 0 aliphatic heterocycles. The van der Waals surface area contributed by atoms with Crippen molar-refractivity contribution in [2.24, 2.45) is 0 Å². The van der Waals surface area contributed by atoms with Crippen LogP contribution in [0.5, 0.6) is 0 Å². The van der Waals surface area contributed by atoms with Crippen LogP contribution in [0.25, 0.3) is 0 Å². The molecule has 0 saturated heterocycles. The Labute approximate surface area is 129 Å². The van der Waals surface area contributed by atoms with Gasteiger partial charge in [-0.25, -0.2) is 4.39 Å². The van der Waals surface area contributed by atoms with Crippen LogP contribution in [0.1, 0.15) is 58.1 Å². The van der Waals surface area contributed by atoms with E-state index in [1.54, 1.807) is 12.1 Å². The Hall–Kier alpha value is -0.930. The summed E-state index contributed by atoms with van der Waals surface area (Å²) in [6.45, 7) is 8.94. The van der Waals surface area contributed by atoms with Crippen molar-refractivity contribution in [2.75, 3.05) is 20.1 Å². The highest BCUT2D eigenvalue weighted by molar-refractivity contribution is 5.20. The summed E-state index contributed by atoms with van der Waals surface area (Å²) in [5, 5.41) is 3.31. The summed E-state index contributed by atoms with van der Waals surface area (Å²) in [4.78, 5) is 2.53. The Kier molecular flexibility index (Phi) is 8.55. The highest BCUT2D eigenvalue weighted by Crippen LogP contribution is 2.18. The van der Waals surface area contributed by atoms with Gasteiger partial charge in [0.1, 0.15) is 5.82 Å². The predicted molar refractivity (Wildman–Crippen MR) is 89.1 cm³/mol. The lowest BCUT2D eigenvalue weighted by Crippen LogP contribution is -2.34. The standard InChI is InChI=1S/C18H31FN2/c1-5-6-7-12-21(15(2)3)13-11-18(20-4)16-9-8-10-17(19)14-16/h8-10,14-15,18,20H,5-7,11-13H2,1-4H3. The van der Waals surface area contributed by atoms with Gasteiger partial charge < -0.3 is 10.2 Å². The molecule has 0 amide bonds. The summed E-state index contributed by atoms with van der Waals surface area (Å²) < 4.78 is 13.4. The minimum atomic E-state index is -0.156. The Morgan fingerprint density at radius 2 is 1.95 bits per heavy atom. The van der Waals surface area contributed by atoms with Crippen LogP contribution in [0.15, 0.2) is 24.3 Å². The Morgan fingerprint density at radius 1 is 1.19 bits per heavy atom. The van der Waals surface area contributed by atoms with Crippen molar-refractivity contribution in [1.82, 2.24) is 10.2 Å². The molecule has 0 aliphatic carbocycles. The van der Waals surface area contributed by atoms with Crippen molar-refractivity contribution >= 4 is 0 Å². The molecule has 0 spiro atoms. The highest BCUT2D eigenvalue weighted by Gasteiger charge is 2.14. The Morgan fingerprint density at radius 3 is 2.52 bits per heavy atom. The number of hydrogen-bond acceptors (Lipinski definition) is 2. The Balaban J connectivity index is 2.55. The molecule has 0 heterocycles. The minimum absolute atomic E-state index is 0.156. The van der Waals surface area contributed by atoms with E-state index in [0.717, 1.165) is 25.1 Å². The smallest absolute Gasteiger partial charge is 0.123 e. The second-order valence-corrected chi connectivity index (χ2v) is 6.02. The number of hydrogen-bond donors (Lipinski definition) is 1. The van der Waals surface area contributed by atoms with E-state index in [1.165, 1.54) is 25.3 Å². The number of rotatable bonds is 10. The van der Waals surface area contributed by atoms with E-state index in [4.69, 9.17) is 0 Å². The zero-order chi connectivity index (χ0) is 15.7. The fourth-order valence-electron chi connectivity index (χ4n) is 2.69. The maximum absolute atomic E-state index is 13.4. The molecule has 1 aromatic carbocycles. The molecule has 1 aromatic rings. The van der Waals surface area contributed by atoms with Crippen LogP contribution in [0, 0.1) is 5.82 Å². The third kappa shape index (κ3) is 6.58. The first-order chi connectivity index (χ1) is 10.1. The van der Waals surface area contributed by atoms with Crippen molar-refractivity contribution in [3.8, 4) is 0 Å². The number of benzene rings is 1. The average molecular weight is 294 g/mol. The van der Waals surface area contributed by atoms with E-state index < -0.39 is 0 Å². The van der Waals surface area contributed by atoms with Gasteiger partial charge in [-0.3, -0.25) is 0 Å². The molecule has 0 saturated carbocycles. The van der Waals surface area contributed by atoms with Gasteiger partial charge in [-0.1, -0.05) is 31.9 Å². The monoisotopic (exact) mass is 294 g/mol. The first-order valence-corrected chi connectivity index (χ1v) is 8.25. The van der Waals surface area contributed by atoms with Crippen LogP contribution in [0.3, 0.4) is 0 Å². The van der Waals surface area contributed by atoms with Crippen molar-refractivity contribution in [2.45, 2.75) is 58.5 Å². The normalized spacial score (nSPS) is 13.1. The molecule has 1 N–H and O–H groups in total. The van der Waals surface area contributed by atoms with E-state index in [2.05, 4.69) is 31.0 Å². The van der Waals surface area contributed by atoms with Gasteiger partial charge >= 0.3 is 0 Å². The van der Waals surface area contributed by atoms with E-state index in [0.29, 0.717) is 6.04 Å². The zero-order valence-electron chi connectivity index (χ0n) is 14.0. The van der Waals surface area contributed by atoms with E-state index >= 15 is 0 Å². The van der Waals surface area contributed by atoms with Crippen LogP contribution in [0.4, 0.5) is 4.39 Å².